The van der Waals surface area contributed by atoms with Gasteiger partial charge in [0.2, 0.25) is 0 Å². The molecule has 0 saturated carbocycles. The Hall–Kier alpha value is -6.38. The second kappa shape index (κ2) is 11.0. The van der Waals surface area contributed by atoms with E-state index in [1.54, 1.807) is 0 Å². The van der Waals surface area contributed by atoms with E-state index in [9.17, 15) is 0 Å². The summed E-state index contributed by atoms with van der Waals surface area (Å²) in [6.07, 6.45) is 0. The van der Waals surface area contributed by atoms with Gasteiger partial charge in [-0.3, -0.25) is 0 Å². The van der Waals surface area contributed by atoms with Gasteiger partial charge in [-0.2, -0.15) is 0 Å². The van der Waals surface area contributed by atoms with Crippen LogP contribution in [0.5, 0.6) is 0 Å². The van der Waals surface area contributed by atoms with Gasteiger partial charge in [0.1, 0.15) is 0 Å². The summed E-state index contributed by atoms with van der Waals surface area (Å²) in [7, 11) is 0. The largest absolute Gasteiger partial charge is 0.311 e. The lowest BCUT2D eigenvalue weighted by molar-refractivity contribution is 1.07. The van der Waals surface area contributed by atoms with E-state index in [1.165, 1.54) is 11.1 Å². The number of hydrogen-bond acceptors (Lipinski definition) is 3. The van der Waals surface area contributed by atoms with E-state index in [-0.39, 0.29) is 0 Å². The van der Waals surface area contributed by atoms with Crippen LogP contribution in [-0.4, -0.2) is 19.5 Å². The Morgan fingerprint density at radius 3 is 1.64 bits per heavy atom. The van der Waals surface area contributed by atoms with Crippen LogP contribution in [0.15, 0.2) is 152 Å². The van der Waals surface area contributed by atoms with Crippen molar-refractivity contribution in [2.75, 3.05) is 0 Å². The van der Waals surface area contributed by atoms with Crippen molar-refractivity contribution in [2.24, 2.45) is 0 Å². The highest BCUT2D eigenvalue weighted by molar-refractivity contribution is 6.10. The molecule has 0 N–H and O–H groups in total. The SMILES string of the molecule is [C-]#[N+]c1cc(-n2c3ccccc3c3cc(-c4ccccc4)ccc32)ccc1-c1nc(-c2ccccc2)nc(-c2ccccc2)n1. The Bertz CT molecular complexity index is 2310. The van der Waals surface area contributed by atoms with Gasteiger partial charge < -0.3 is 4.57 Å². The van der Waals surface area contributed by atoms with Gasteiger partial charge >= 0.3 is 0 Å². The molecular formula is C40H25N5. The Balaban J connectivity index is 1.30. The molecule has 2 aromatic heterocycles. The molecule has 45 heavy (non-hydrogen) atoms. The van der Waals surface area contributed by atoms with Crippen LogP contribution in [0.1, 0.15) is 0 Å². The molecule has 5 heteroatoms. The summed E-state index contributed by atoms with van der Waals surface area (Å²) < 4.78 is 2.23. The van der Waals surface area contributed by atoms with Crippen LogP contribution in [0.3, 0.4) is 0 Å². The lowest BCUT2D eigenvalue weighted by Crippen LogP contribution is -2.01. The lowest BCUT2D eigenvalue weighted by Gasteiger charge is -2.12. The zero-order chi connectivity index (χ0) is 30.2. The average Bonchev–Trinajstić information content (AvgIpc) is 3.46. The first-order chi connectivity index (χ1) is 22.3. The number of fused-ring (bicyclic) bond motifs is 3. The third kappa shape index (κ3) is 4.71. The maximum atomic E-state index is 8.19. The van der Waals surface area contributed by atoms with Crippen molar-refractivity contribution >= 4 is 27.5 Å². The number of hydrogen-bond donors (Lipinski definition) is 0. The second-order valence-corrected chi connectivity index (χ2v) is 10.8. The molecule has 0 unspecified atom stereocenters. The van der Waals surface area contributed by atoms with Crippen molar-refractivity contribution in [2.45, 2.75) is 0 Å². The van der Waals surface area contributed by atoms with Gasteiger partial charge in [0.05, 0.1) is 17.6 Å². The standard InChI is InChI=1S/C40H25N5/c1-41-35-26-31(45-36-20-12-11-19-32(36)34-25-30(21-24-37(34)45)27-13-5-2-6-14-27)22-23-33(35)40-43-38(28-15-7-3-8-16-28)42-39(44-40)29-17-9-4-10-18-29/h2-26H. The Morgan fingerprint density at radius 2 is 1.00 bits per heavy atom. The van der Waals surface area contributed by atoms with E-state index in [4.69, 9.17) is 21.5 Å². The Morgan fingerprint density at radius 1 is 0.444 bits per heavy atom. The van der Waals surface area contributed by atoms with E-state index in [0.717, 1.165) is 38.6 Å². The Kier molecular flexibility index (Phi) is 6.44. The molecule has 0 aliphatic rings. The molecule has 0 amide bonds. The van der Waals surface area contributed by atoms with Crippen molar-refractivity contribution in [1.82, 2.24) is 19.5 Å². The third-order valence-corrected chi connectivity index (χ3v) is 8.08. The van der Waals surface area contributed by atoms with Gasteiger partial charge in [-0.25, -0.2) is 19.8 Å². The van der Waals surface area contributed by atoms with Crippen LogP contribution >= 0.6 is 0 Å². The van der Waals surface area contributed by atoms with Crippen LogP contribution in [-0.2, 0) is 0 Å². The minimum Gasteiger partial charge on any atom is -0.311 e. The van der Waals surface area contributed by atoms with Crippen LogP contribution < -0.4 is 0 Å². The average molecular weight is 576 g/mol. The minimum atomic E-state index is 0.468. The predicted octanol–water partition coefficient (Wildman–Crippen LogP) is 10.2. The molecule has 0 atom stereocenters. The fourth-order valence-corrected chi connectivity index (χ4v) is 5.93. The number of rotatable bonds is 5. The molecule has 2 heterocycles. The zero-order valence-corrected chi connectivity index (χ0v) is 24.2. The van der Waals surface area contributed by atoms with Gasteiger partial charge in [-0.1, -0.05) is 121 Å². The second-order valence-electron chi connectivity index (χ2n) is 10.8. The number of benzene rings is 6. The van der Waals surface area contributed by atoms with Crippen LogP contribution in [0.25, 0.3) is 77.6 Å². The third-order valence-electron chi connectivity index (χ3n) is 8.08. The highest BCUT2D eigenvalue weighted by atomic mass is 15.0. The summed E-state index contributed by atoms with van der Waals surface area (Å²) in [5.41, 5.74) is 8.33. The maximum absolute atomic E-state index is 8.19. The zero-order valence-electron chi connectivity index (χ0n) is 24.2. The first-order valence-electron chi connectivity index (χ1n) is 14.7. The van der Waals surface area contributed by atoms with E-state index in [2.05, 4.69) is 82.2 Å². The van der Waals surface area contributed by atoms with E-state index < -0.39 is 0 Å². The van der Waals surface area contributed by atoms with Crippen LogP contribution in [0.2, 0.25) is 0 Å². The normalized spacial score (nSPS) is 11.1. The number of nitrogens with zero attached hydrogens (tertiary/aromatic N) is 5. The maximum Gasteiger partial charge on any atom is 0.200 e. The van der Waals surface area contributed by atoms with Crippen molar-refractivity contribution in [3.05, 3.63) is 163 Å². The van der Waals surface area contributed by atoms with Gasteiger partial charge in [0.25, 0.3) is 0 Å². The molecule has 8 aromatic rings. The Labute approximate surface area is 260 Å². The van der Waals surface area contributed by atoms with Gasteiger partial charge in [0, 0.05) is 33.2 Å². The summed E-state index contributed by atoms with van der Waals surface area (Å²) in [6.45, 7) is 8.19. The fraction of sp³-hybridized carbons (Fsp3) is 0. The summed E-state index contributed by atoms with van der Waals surface area (Å²) in [4.78, 5) is 18.5. The fourth-order valence-electron chi connectivity index (χ4n) is 5.93. The molecule has 0 spiro atoms. The van der Waals surface area contributed by atoms with Crippen molar-refractivity contribution < 1.29 is 0 Å². The molecule has 5 nitrogen and oxygen atoms in total. The molecule has 0 saturated heterocycles. The monoisotopic (exact) mass is 575 g/mol. The van der Waals surface area contributed by atoms with Crippen molar-refractivity contribution in [3.63, 3.8) is 0 Å². The summed E-state index contributed by atoms with van der Waals surface area (Å²) in [6, 6.07) is 51.1. The van der Waals surface area contributed by atoms with Crippen LogP contribution in [0, 0.1) is 6.57 Å². The first kappa shape index (κ1) is 26.3. The van der Waals surface area contributed by atoms with Gasteiger partial charge in [-0.15, -0.1) is 0 Å². The van der Waals surface area contributed by atoms with E-state index in [1.807, 2.05) is 78.9 Å². The molecule has 0 fully saturated rings. The molecule has 210 valence electrons. The molecular weight excluding hydrogens is 550 g/mol. The number of para-hydroxylation sites is 1. The van der Waals surface area contributed by atoms with E-state index >= 15 is 0 Å². The predicted molar refractivity (Wildman–Crippen MR) is 182 cm³/mol. The molecule has 0 bridgehead atoms. The van der Waals surface area contributed by atoms with Gasteiger partial charge in [-0.05, 0) is 41.5 Å². The van der Waals surface area contributed by atoms with Crippen molar-refractivity contribution in [3.8, 4) is 51.0 Å². The first-order valence-corrected chi connectivity index (χ1v) is 14.7. The van der Waals surface area contributed by atoms with Crippen molar-refractivity contribution in [1.29, 1.82) is 0 Å². The molecule has 0 radical (unpaired) electrons. The summed E-state index contributed by atoms with van der Waals surface area (Å²) >= 11 is 0. The minimum absolute atomic E-state index is 0.468. The highest BCUT2D eigenvalue weighted by Gasteiger charge is 2.18. The molecule has 8 rings (SSSR count). The molecule has 6 aromatic carbocycles. The quantitative estimate of drug-likeness (QED) is 0.192. The topological polar surface area (TPSA) is 48.0 Å². The van der Waals surface area contributed by atoms with Crippen LogP contribution in [0.4, 0.5) is 5.69 Å². The van der Waals surface area contributed by atoms with Gasteiger partial charge in [0.15, 0.2) is 23.2 Å². The smallest absolute Gasteiger partial charge is 0.200 e. The summed E-state index contributed by atoms with van der Waals surface area (Å²) in [5, 5.41) is 2.33. The van der Waals surface area contributed by atoms with E-state index in [0.29, 0.717) is 28.7 Å². The summed E-state index contributed by atoms with van der Waals surface area (Å²) in [5.74, 6) is 1.60. The highest BCUT2D eigenvalue weighted by Crippen LogP contribution is 2.38. The molecule has 0 aliphatic carbocycles. The lowest BCUT2D eigenvalue weighted by atomic mass is 10.0. The number of aromatic nitrogens is 4. The molecule has 0 aliphatic heterocycles.